The highest BCUT2D eigenvalue weighted by Crippen LogP contribution is 2.33. The van der Waals surface area contributed by atoms with Crippen LogP contribution in [0.4, 0.5) is 4.79 Å². The molecule has 0 aromatic heterocycles. The number of nitrogens with one attached hydrogen (secondary N) is 2. The molecule has 4 amide bonds. The Morgan fingerprint density at radius 3 is 2.28 bits per heavy atom. The molecule has 2 aromatic rings. The van der Waals surface area contributed by atoms with Crippen molar-refractivity contribution in [2.24, 2.45) is 0 Å². The first kappa shape index (κ1) is 22.0. The van der Waals surface area contributed by atoms with Gasteiger partial charge in [-0.3, -0.25) is 14.5 Å². The Hall–Kier alpha value is -3.20. The van der Waals surface area contributed by atoms with Crippen molar-refractivity contribution in [2.75, 3.05) is 18.1 Å². The molecule has 2 N–H and O–H groups in total. The van der Waals surface area contributed by atoms with E-state index in [4.69, 9.17) is 0 Å². The van der Waals surface area contributed by atoms with Crippen molar-refractivity contribution in [3.63, 3.8) is 0 Å². The van der Waals surface area contributed by atoms with Crippen LogP contribution in [0, 0.1) is 0 Å². The molecule has 2 aliphatic heterocycles. The van der Waals surface area contributed by atoms with Gasteiger partial charge in [0.15, 0.2) is 15.4 Å². The molecule has 2 fully saturated rings. The molecule has 2 aromatic carbocycles. The van der Waals surface area contributed by atoms with Crippen molar-refractivity contribution in [3.05, 3.63) is 71.8 Å². The number of sulfone groups is 1. The molecule has 2 heterocycles. The second-order valence-electron chi connectivity index (χ2n) is 8.71. The minimum absolute atomic E-state index is 0.00110. The van der Waals surface area contributed by atoms with Gasteiger partial charge in [0.05, 0.1) is 17.0 Å². The number of carbonyl (C=O) groups excluding carboxylic acids is 3. The number of hydrogen-bond acceptors (Lipinski definition) is 5. The Balaban J connectivity index is 1.58. The van der Waals surface area contributed by atoms with Crippen LogP contribution in [0.15, 0.2) is 60.7 Å². The molecule has 2 saturated heterocycles. The van der Waals surface area contributed by atoms with Gasteiger partial charge in [0, 0.05) is 6.42 Å². The van der Waals surface area contributed by atoms with E-state index in [2.05, 4.69) is 10.6 Å². The first-order chi connectivity index (χ1) is 15.1. The minimum Gasteiger partial charge on any atom is -0.348 e. The number of urea groups is 1. The summed E-state index contributed by atoms with van der Waals surface area (Å²) in [4.78, 5) is 40.0. The average Bonchev–Trinajstić information content (AvgIpc) is 3.16. The molecule has 0 unspecified atom stereocenters. The second kappa shape index (κ2) is 8.05. The Labute approximate surface area is 186 Å². The fourth-order valence-electron chi connectivity index (χ4n) is 4.44. The van der Waals surface area contributed by atoms with Gasteiger partial charge < -0.3 is 10.6 Å². The second-order valence-corrected chi connectivity index (χ2v) is 10.9. The van der Waals surface area contributed by atoms with Crippen molar-refractivity contribution in [2.45, 2.75) is 30.8 Å². The molecule has 168 valence electrons. The molecule has 0 bridgehead atoms. The summed E-state index contributed by atoms with van der Waals surface area (Å²) in [5, 5.41) is 5.52. The SMILES string of the molecule is C[C@]1(NC(=O)CN2C(=O)N[C@@](Cc3ccccc3)(c3ccccc3)C2=O)CCS(=O)(=O)C1. The third kappa shape index (κ3) is 4.25. The van der Waals surface area contributed by atoms with E-state index < -0.39 is 45.3 Å². The first-order valence-corrected chi connectivity index (χ1v) is 12.2. The lowest BCUT2D eigenvalue weighted by molar-refractivity contribution is -0.135. The lowest BCUT2D eigenvalue weighted by atomic mass is 9.83. The molecular formula is C23H25N3O5S. The number of imide groups is 1. The quantitative estimate of drug-likeness (QED) is 0.639. The Kier molecular flexibility index (Phi) is 5.54. The topological polar surface area (TPSA) is 113 Å². The van der Waals surface area contributed by atoms with Crippen LogP contribution in [0.1, 0.15) is 24.5 Å². The summed E-state index contributed by atoms with van der Waals surface area (Å²) < 4.78 is 23.6. The predicted octanol–water partition coefficient (Wildman–Crippen LogP) is 1.37. The van der Waals surface area contributed by atoms with Crippen molar-refractivity contribution in [1.82, 2.24) is 15.5 Å². The van der Waals surface area contributed by atoms with Gasteiger partial charge in [-0.2, -0.15) is 0 Å². The molecule has 0 radical (unpaired) electrons. The molecule has 32 heavy (non-hydrogen) atoms. The third-order valence-corrected chi connectivity index (χ3v) is 7.90. The predicted molar refractivity (Wildman–Crippen MR) is 118 cm³/mol. The smallest absolute Gasteiger partial charge is 0.325 e. The molecule has 2 aliphatic rings. The van der Waals surface area contributed by atoms with Gasteiger partial charge in [0.2, 0.25) is 5.91 Å². The molecule has 9 heteroatoms. The minimum atomic E-state index is -3.21. The first-order valence-electron chi connectivity index (χ1n) is 10.4. The molecule has 0 saturated carbocycles. The van der Waals surface area contributed by atoms with Crippen LogP contribution >= 0.6 is 0 Å². The van der Waals surface area contributed by atoms with Gasteiger partial charge in [0.1, 0.15) is 6.54 Å². The van der Waals surface area contributed by atoms with Gasteiger partial charge in [0.25, 0.3) is 5.91 Å². The summed E-state index contributed by atoms with van der Waals surface area (Å²) >= 11 is 0. The maximum Gasteiger partial charge on any atom is 0.325 e. The van der Waals surface area contributed by atoms with E-state index in [-0.39, 0.29) is 17.9 Å². The Morgan fingerprint density at radius 2 is 1.69 bits per heavy atom. The van der Waals surface area contributed by atoms with Gasteiger partial charge in [-0.1, -0.05) is 60.7 Å². The van der Waals surface area contributed by atoms with Crippen LogP contribution in [0.3, 0.4) is 0 Å². The van der Waals surface area contributed by atoms with Crippen molar-refractivity contribution < 1.29 is 22.8 Å². The Bertz CT molecular complexity index is 1150. The summed E-state index contributed by atoms with van der Waals surface area (Å²) in [5.74, 6) is -1.25. The van der Waals surface area contributed by atoms with E-state index in [1.165, 1.54) is 0 Å². The third-order valence-electron chi connectivity index (χ3n) is 6.00. The van der Waals surface area contributed by atoms with Gasteiger partial charge in [-0.05, 0) is 24.5 Å². The van der Waals surface area contributed by atoms with E-state index in [9.17, 15) is 22.8 Å². The van der Waals surface area contributed by atoms with Crippen LogP contribution in [0.25, 0.3) is 0 Å². The highest BCUT2D eigenvalue weighted by Gasteiger charge is 2.53. The fourth-order valence-corrected chi connectivity index (χ4v) is 6.53. The van der Waals surface area contributed by atoms with Gasteiger partial charge in [-0.15, -0.1) is 0 Å². The lowest BCUT2D eigenvalue weighted by Crippen LogP contribution is -2.51. The highest BCUT2D eigenvalue weighted by atomic mass is 32.2. The van der Waals surface area contributed by atoms with Crippen LogP contribution in [-0.4, -0.2) is 54.8 Å². The molecule has 0 spiro atoms. The maximum absolute atomic E-state index is 13.6. The average molecular weight is 456 g/mol. The van der Waals surface area contributed by atoms with Gasteiger partial charge in [-0.25, -0.2) is 13.2 Å². The van der Waals surface area contributed by atoms with Crippen molar-refractivity contribution in [3.8, 4) is 0 Å². The zero-order chi connectivity index (χ0) is 23.0. The summed E-state index contributed by atoms with van der Waals surface area (Å²) in [6, 6.07) is 17.6. The largest absolute Gasteiger partial charge is 0.348 e. The number of rotatable bonds is 6. The zero-order valence-corrected chi connectivity index (χ0v) is 18.5. The molecule has 4 rings (SSSR count). The van der Waals surface area contributed by atoms with Crippen LogP contribution in [-0.2, 0) is 31.4 Å². The van der Waals surface area contributed by atoms with Crippen molar-refractivity contribution >= 4 is 27.7 Å². The normalized spacial score (nSPS) is 26.7. The molecular weight excluding hydrogens is 430 g/mol. The molecule has 8 nitrogen and oxygen atoms in total. The fraction of sp³-hybridized carbons (Fsp3) is 0.348. The molecule has 2 atom stereocenters. The maximum atomic E-state index is 13.6. The van der Waals surface area contributed by atoms with Crippen LogP contribution < -0.4 is 10.6 Å². The van der Waals surface area contributed by atoms with E-state index in [1.54, 1.807) is 31.2 Å². The number of nitrogens with zero attached hydrogens (tertiary/aromatic N) is 1. The van der Waals surface area contributed by atoms with E-state index >= 15 is 0 Å². The zero-order valence-electron chi connectivity index (χ0n) is 17.7. The van der Waals surface area contributed by atoms with Crippen molar-refractivity contribution in [1.29, 1.82) is 0 Å². The number of hydrogen-bond donors (Lipinski definition) is 2. The summed E-state index contributed by atoms with van der Waals surface area (Å²) in [5.41, 5.74) is -0.755. The number of carbonyl (C=O) groups is 3. The summed E-state index contributed by atoms with van der Waals surface area (Å²) in [6.45, 7) is 1.18. The number of benzene rings is 2. The summed E-state index contributed by atoms with van der Waals surface area (Å²) in [7, 11) is -3.21. The molecule has 0 aliphatic carbocycles. The highest BCUT2D eigenvalue weighted by molar-refractivity contribution is 7.91. The van der Waals surface area contributed by atoms with E-state index in [0.717, 1.165) is 10.5 Å². The standard InChI is InChI=1S/C23H25N3O5S/c1-22(12-13-32(30,31)16-22)24-19(27)15-26-20(28)23(25-21(26)29,18-10-6-3-7-11-18)14-17-8-4-2-5-9-17/h2-11H,12-16H2,1H3,(H,24,27)(H,25,29)/t22-,23-/m0/s1. The number of amides is 4. The summed E-state index contributed by atoms with van der Waals surface area (Å²) in [6.07, 6.45) is 0.527. The van der Waals surface area contributed by atoms with Gasteiger partial charge >= 0.3 is 6.03 Å². The lowest BCUT2D eigenvalue weighted by Gasteiger charge is -2.28. The van der Waals surface area contributed by atoms with Crippen LogP contribution in [0.2, 0.25) is 0 Å². The monoisotopic (exact) mass is 455 g/mol. The van der Waals surface area contributed by atoms with E-state index in [1.807, 2.05) is 36.4 Å². The van der Waals surface area contributed by atoms with Crippen LogP contribution in [0.5, 0.6) is 0 Å². The Morgan fingerprint density at radius 1 is 1.06 bits per heavy atom. The van der Waals surface area contributed by atoms with E-state index in [0.29, 0.717) is 12.0 Å².